The third-order valence-corrected chi connectivity index (χ3v) is 8.05. The molecule has 2 aromatic carbocycles. The van der Waals surface area contributed by atoms with Crippen molar-refractivity contribution in [3.8, 4) is 5.69 Å². The smallest absolute Gasteiger partial charge is 0.267 e. The maximum absolute atomic E-state index is 13.7. The van der Waals surface area contributed by atoms with Gasteiger partial charge in [0.1, 0.15) is 4.83 Å². The highest BCUT2D eigenvalue weighted by atomic mass is 35.5. The van der Waals surface area contributed by atoms with E-state index in [4.69, 9.17) is 16.6 Å². The Kier molecular flexibility index (Phi) is 6.27. The molecule has 1 N–H and O–H groups in total. The molecule has 0 spiro atoms. The minimum Gasteiger partial charge on any atom is -0.325 e. The standard InChI is InChI=1S/C25H22ClN3O2S2/c1-15-9-11-18(12-10-15)29-24(31)22-19-7-2-3-8-20(19)33-23(22)28-25(29)32-14-21(30)27-17-6-4-5-16(26)13-17/h4-6,9-13H,2-3,7-8,14H2,1H3,(H,27,30). The number of hydrogen-bond donors (Lipinski definition) is 1. The van der Waals surface area contributed by atoms with Crippen molar-refractivity contribution in [2.45, 2.75) is 37.8 Å². The molecule has 0 atom stereocenters. The largest absolute Gasteiger partial charge is 0.325 e. The molecule has 0 saturated carbocycles. The summed E-state index contributed by atoms with van der Waals surface area (Å²) in [6.45, 7) is 2.01. The van der Waals surface area contributed by atoms with Gasteiger partial charge in [-0.2, -0.15) is 0 Å². The predicted octanol–water partition coefficient (Wildman–Crippen LogP) is 6.02. The van der Waals surface area contributed by atoms with Crippen molar-refractivity contribution in [1.29, 1.82) is 0 Å². The minimum absolute atomic E-state index is 0.0546. The number of fused-ring (bicyclic) bond motifs is 3. The van der Waals surface area contributed by atoms with Crippen molar-refractivity contribution in [1.82, 2.24) is 9.55 Å². The van der Waals surface area contributed by atoms with Crippen LogP contribution in [0.1, 0.15) is 28.8 Å². The van der Waals surface area contributed by atoms with Gasteiger partial charge in [0, 0.05) is 15.6 Å². The van der Waals surface area contributed by atoms with Crippen LogP contribution in [0.4, 0.5) is 5.69 Å². The Bertz CT molecular complexity index is 1410. The lowest BCUT2D eigenvalue weighted by atomic mass is 9.97. The molecule has 0 unspecified atom stereocenters. The summed E-state index contributed by atoms with van der Waals surface area (Å²) in [5.41, 5.74) is 3.62. The second-order valence-corrected chi connectivity index (χ2v) is 10.6. The van der Waals surface area contributed by atoms with E-state index in [1.165, 1.54) is 16.6 Å². The number of nitrogens with zero attached hydrogens (tertiary/aromatic N) is 2. The average Bonchev–Trinajstić information content (AvgIpc) is 3.17. The number of anilines is 1. The first-order valence-electron chi connectivity index (χ1n) is 10.8. The van der Waals surface area contributed by atoms with Gasteiger partial charge in [-0.15, -0.1) is 11.3 Å². The molecular formula is C25H22ClN3O2S2. The third-order valence-electron chi connectivity index (χ3n) is 5.69. The second kappa shape index (κ2) is 9.33. The Morgan fingerprint density at radius 3 is 2.76 bits per heavy atom. The van der Waals surface area contributed by atoms with Gasteiger partial charge in [-0.05, 0) is 68.5 Å². The lowest BCUT2D eigenvalue weighted by Crippen LogP contribution is -2.23. The average molecular weight is 496 g/mol. The summed E-state index contributed by atoms with van der Waals surface area (Å²) in [4.78, 5) is 33.3. The van der Waals surface area contributed by atoms with E-state index in [0.717, 1.165) is 52.7 Å². The maximum atomic E-state index is 13.7. The van der Waals surface area contributed by atoms with E-state index in [9.17, 15) is 9.59 Å². The van der Waals surface area contributed by atoms with Crippen LogP contribution in [0.15, 0.2) is 58.5 Å². The number of thioether (sulfide) groups is 1. The molecular weight excluding hydrogens is 474 g/mol. The van der Waals surface area contributed by atoms with Crippen molar-refractivity contribution in [3.63, 3.8) is 0 Å². The number of amides is 1. The van der Waals surface area contributed by atoms with Gasteiger partial charge in [0.15, 0.2) is 5.16 Å². The summed E-state index contributed by atoms with van der Waals surface area (Å²) in [6.07, 6.45) is 4.18. The van der Waals surface area contributed by atoms with Gasteiger partial charge in [-0.25, -0.2) is 4.98 Å². The highest BCUT2D eigenvalue weighted by Crippen LogP contribution is 2.35. The van der Waals surface area contributed by atoms with E-state index in [2.05, 4.69) is 5.32 Å². The summed E-state index contributed by atoms with van der Waals surface area (Å²) >= 11 is 8.90. The number of nitrogens with one attached hydrogen (secondary N) is 1. The minimum atomic E-state index is -0.183. The number of benzene rings is 2. The SMILES string of the molecule is Cc1ccc(-n2c(SCC(=O)Nc3cccc(Cl)c3)nc3sc4c(c3c2=O)CCCC4)cc1. The number of halogens is 1. The number of carbonyl (C=O) groups excluding carboxylic acids is 1. The van der Waals surface area contributed by atoms with Crippen LogP contribution in [-0.4, -0.2) is 21.2 Å². The predicted molar refractivity (Wildman–Crippen MR) is 137 cm³/mol. The Morgan fingerprint density at radius 1 is 1.18 bits per heavy atom. The Labute approximate surface area is 204 Å². The highest BCUT2D eigenvalue weighted by Gasteiger charge is 2.23. The molecule has 33 heavy (non-hydrogen) atoms. The molecule has 168 valence electrons. The van der Waals surface area contributed by atoms with Crippen molar-refractivity contribution in [2.75, 3.05) is 11.1 Å². The van der Waals surface area contributed by atoms with E-state index in [-0.39, 0.29) is 17.2 Å². The van der Waals surface area contributed by atoms with Crippen molar-refractivity contribution >= 4 is 56.5 Å². The van der Waals surface area contributed by atoms with Crippen LogP contribution in [0.2, 0.25) is 5.02 Å². The summed E-state index contributed by atoms with van der Waals surface area (Å²) < 4.78 is 1.65. The van der Waals surface area contributed by atoms with Gasteiger partial charge in [-0.3, -0.25) is 14.2 Å². The summed E-state index contributed by atoms with van der Waals surface area (Å²) in [6, 6.07) is 14.9. The number of rotatable bonds is 5. The van der Waals surface area contributed by atoms with Gasteiger partial charge in [0.05, 0.1) is 16.8 Å². The molecule has 2 aromatic heterocycles. The molecule has 0 bridgehead atoms. The van der Waals surface area contributed by atoms with Crippen molar-refractivity contribution in [2.24, 2.45) is 0 Å². The first-order chi connectivity index (χ1) is 16.0. The lowest BCUT2D eigenvalue weighted by molar-refractivity contribution is -0.113. The molecule has 1 aliphatic rings. The molecule has 0 fully saturated rings. The summed E-state index contributed by atoms with van der Waals surface area (Å²) in [7, 11) is 0. The quantitative estimate of drug-likeness (QED) is 0.271. The number of thiophene rings is 1. The topological polar surface area (TPSA) is 64.0 Å². The Morgan fingerprint density at radius 2 is 1.97 bits per heavy atom. The van der Waals surface area contributed by atoms with Crippen LogP contribution in [0.5, 0.6) is 0 Å². The van der Waals surface area contributed by atoms with Crippen LogP contribution in [0.25, 0.3) is 15.9 Å². The molecule has 0 saturated heterocycles. The van der Waals surface area contributed by atoms with Crippen LogP contribution >= 0.6 is 34.7 Å². The molecule has 0 aliphatic heterocycles. The van der Waals surface area contributed by atoms with Gasteiger partial charge in [-0.1, -0.05) is 47.1 Å². The zero-order valence-electron chi connectivity index (χ0n) is 18.1. The van der Waals surface area contributed by atoms with Crippen LogP contribution in [0, 0.1) is 6.92 Å². The maximum Gasteiger partial charge on any atom is 0.267 e. The van der Waals surface area contributed by atoms with E-state index in [1.54, 1.807) is 40.2 Å². The van der Waals surface area contributed by atoms with Crippen LogP contribution < -0.4 is 10.9 Å². The summed E-state index contributed by atoms with van der Waals surface area (Å²) in [5.74, 6) is -0.0564. The third kappa shape index (κ3) is 4.58. The molecule has 0 radical (unpaired) electrons. The summed E-state index contributed by atoms with van der Waals surface area (Å²) in [5, 5.41) is 4.68. The van der Waals surface area contributed by atoms with E-state index in [1.807, 2.05) is 31.2 Å². The number of hydrogen-bond acceptors (Lipinski definition) is 5. The number of carbonyl (C=O) groups is 1. The second-order valence-electron chi connectivity index (χ2n) is 8.11. The van der Waals surface area contributed by atoms with Crippen LogP contribution in [-0.2, 0) is 17.6 Å². The Hall–Kier alpha value is -2.61. The van der Waals surface area contributed by atoms with Gasteiger partial charge < -0.3 is 5.32 Å². The fourth-order valence-corrected chi connectivity index (χ4v) is 6.40. The van der Waals surface area contributed by atoms with E-state index < -0.39 is 0 Å². The molecule has 1 amide bonds. The molecule has 8 heteroatoms. The normalized spacial score (nSPS) is 13.2. The zero-order valence-corrected chi connectivity index (χ0v) is 20.4. The molecule has 5 rings (SSSR count). The molecule has 2 heterocycles. The fourth-order valence-electron chi connectivity index (χ4n) is 4.10. The highest BCUT2D eigenvalue weighted by molar-refractivity contribution is 7.99. The van der Waals surface area contributed by atoms with Gasteiger partial charge >= 0.3 is 0 Å². The zero-order chi connectivity index (χ0) is 22.9. The first-order valence-corrected chi connectivity index (χ1v) is 13.0. The van der Waals surface area contributed by atoms with E-state index in [0.29, 0.717) is 15.9 Å². The monoisotopic (exact) mass is 495 g/mol. The molecule has 4 aromatic rings. The first kappa shape index (κ1) is 22.2. The van der Waals surface area contributed by atoms with Crippen LogP contribution in [0.3, 0.4) is 0 Å². The number of aryl methyl sites for hydroxylation is 3. The molecule has 1 aliphatic carbocycles. The molecule has 5 nitrogen and oxygen atoms in total. The van der Waals surface area contributed by atoms with Gasteiger partial charge in [0.25, 0.3) is 5.56 Å². The lowest BCUT2D eigenvalue weighted by Gasteiger charge is -2.14. The fraction of sp³-hybridized carbons (Fsp3) is 0.240. The number of aromatic nitrogens is 2. The van der Waals surface area contributed by atoms with Crippen molar-refractivity contribution in [3.05, 3.63) is 79.9 Å². The Balaban J connectivity index is 1.52. The van der Waals surface area contributed by atoms with Gasteiger partial charge in [0.2, 0.25) is 5.91 Å². The van der Waals surface area contributed by atoms with E-state index >= 15 is 0 Å². The van der Waals surface area contributed by atoms with Crippen molar-refractivity contribution < 1.29 is 4.79 Å².